The number of likely N-dealkylation sites (N-methyl/N-ethyl adjacent to an activating group) is 1. The summed E-state index contributed by atoms with van der Waals surface area (Å²) >= 11 is 0. The monoisotopic (exact) mass is 484 g/mol. The van der Waals surface area contributed by atoms with Gasteiger partial charge in [0.25, 0.3) is 5.91 Å². The molecule has 1 aromatic heterocycles. The van der Waals surface area contributed by atoms with Crippen molar-refractivity contribution >= 4 is 28.6 Å². The standard InChI is InChI=1S/C25H32N4O6/c1-15(2)22(27-23(30)16-11-18(33-5)14-19(12-16)34-6)24(31)26-17-7-8-21-20(13-17)29(25(32)35-21)10-9-28(3)4/h7-8,11-15,22H,9-10H2,1-6H3,(H,26,31)(H,27,30). The molecule has 188 valence electrons. The lowest BCUT2D eigenvalue weighted by Crippen LogP contribution is -2.47. The Morgan fingerprint density at radius 2 is 1.71 bits per heavy atom. The fraction of sp³-hybridized carbons (Fsp3) is 0.400. The van der Waals surface area contributed by atoms with Gasteiger partial charge < -0.3 is 29.4 Å². The summed E-state index contributed by atoms with van der Waals surface area (Å²) in [4.78, 5) is 40.3. The normalized spacial score (nSPS) is 12.1. The van der Waals surface area contributed by atoms with Crippen LogP contribution in [0.2, 0.25) is 0 Å². The number of methoxy groups -OCH3 is 2. The van der Waals surface area contributed by atoms with E-state index in [0.29, 0.717) is 46.9 Å². The molecule has 0 fully saturated rings. The molecule has 2 amide bonds. The first-order chi connectivity index (χ1) is 16.6. The molecule has 0 spiro atoms. The summed E-state index contributed by atoms with van der Waals surface area (Å²) in [6, 6.07) is 9.00. The lowest BCUT2D eigenvalue weighted by atomic mass is 10.0. The molecule has 1 atom stereocenters. The highest BCUT2D eigenvalue weighted by Gasteiger charge is 2.25. The van der Waals surface area contributed by atoms with Crippen LogP contribution in [-0.4, -0.2) is 62.2 Å². The number of nitrogens with zero attached hydrogens (tertiary/aromatic N) is 2. The first-order valence-electron chi connectivity index (χ1n) is 11.3. The van der Waals surface area contributed by atoms with Crippen molar-refractivity contribution in [1.82, 2.24) is 14.8 Å². The van der Waals surface area contributed by atoms with Crippen molar-refractivity contribution in [2.45, 2.75) is 26.4 Å². The third-order valence-corrected chi connectivity index (χ3v) is 5.56. The number of nitrogens with one attached hydrogen (secondary N) is 2. The summed E-state index contributed by atoms with van der Waals surface area (Å²) in [7, 11) is 6.83. The number of aromatic nitrogens is 1. The highest BCUT2D eigenvalue weighted by molar-refractivity contribution is 6.02. The van der Waals surface area contributed by atoms with Gasteiger partial charge in [0, 0.05) is 30.4 Å². The van der Waals surface area contributed by atoms with Crippen molar-refractivity contribution in [3.05, 3.63) is 52.5 Å². The highest BCUT2D eigenvalue weighted by Crippen LogP contribution is 2.23. The molecule has 10 heteroatoms. The van der Waals surface area contributed by atoms with Gasteiger partial charge in [-0.15, -0.1) is 0 Å². The van der Waals surface area contributed by atoms with Crippen molar-refractivity contribution in [3.8, 4) is 11.5 Å². The smallest absolute Gasteiger partial charge is 0.419 e. The van der Waals surface area contributed by atoms with Crippen LogP contribution in [0, 0.1) is 5.92 Å². The van der Waals surface area contributed by atoms with Crippen LogP contribution in [0.1, 0.15) is 24.2 Å². The molecule has 2 aromatic carbocycles. The van der Waals surface area contributed by atoms with E-state index in [1.807, 2.05) is 32.8 Å². The zero-order valence-electron chi connectivity index (χ0n) is 20.9. The van der Waals surface area contributed by atoms with Gasteiger partial charge in [0.1, 0.15) is 17.5 Å². The molecule has 0 saturated heterocycles. The zero-order valence-corrected chi connectivity index (χ0v) is 20.9. The Morgan fingerprint density at radius 3 is 2.29 bits per heavy atom. The van der Waals surface area contributed by atoms with Gasteiger partial charge >= 0.3 is 5.76 Å². The van der Waals surface area contributed by atoms with Gasteiger partial charge in [-0.05, 0) is 50.3 Å². The van der Waals surface area contributed by atoms with Crippen LogP contribution in [0.15, 0.2) is 45.6 Å². The van der Waals surface area contributed by atoms with Crippen LogP contribution in [-0.2, 0) is 11.3 Å². The minimum atomic E-state index is -0.810. The van der Waals surface area contributed by atoms with Crippen molar-refractivity contribution in [3.63, 3.8) is 0 Å². The number of hydrogen-bond acceptors (Lipinski definition) is 7. The molecule has 0 radical (unpaired) electrons. The molecule has 0 aliphatic heterocycles. The SMILES string of the molecule is COc1cc(OC)cc(C(=O)NC(C(=O)Nc2ccc3oc(=O)n(CCN(C)C)c3c2)C(C)C)c1. The maximum absolute atomic E-state index is 13.1. The van der Waals surface area contributed by atoms with Gasteiger partial charge in [-0.3, -0.25) is 14.2 Å². The molecular formula is C25H32N4O6. The number of oxazole rings is 1. The molecule has 35 heavy (non-hydrogen) atoms. The minimum absolute atomic E-state index is 0.192. The lowest BCUT2D eigenvalue weighted by molar-refractivity contribution is -0.118. The van der Waals surface area contributed by atoms with Crippen molar-refractivity contribution in [2.75, 3.05) is 40.2 Å². The Kier molecular flexibility index (Phi) is 8.18. The number of amides is 2. The summed E-state index contributed by atoms with van der Waals surface area (Å²) < 4.78 is 17.3. The molecule has 3 aromatic rings. The lowest BCUT2D eigenvalue weighted by Gasteiger charge is -2.22. The van der Waals surface area contributed by atoms with Gasteiger partial charge in [-0.1, -0.05) is 13.8 Å². The fourth-order valence-corrected chi connectivity index (χ4v) is 3.57. The van der Waals surface area contributed by atoms with Crippen LogP contribution in [0.5, 0.6) is 11.5 Å². The van der Waals surface area contributed by atoms with Crippen LogP contribution < -0.4 is 25.9 Å². The summed E-state index contributed by atoms with van der Waals surface area (Å²) in [5.74, 6) is -0.525. The first kappa shape index (κ1) is 25.8. The van der Waals surface area contributed by atoms with E-state index in [1.54, 1.807) is 36.4 Å². The molecular weight excluding hydrogens is 452 g/mol. The second-order valence-corrected chi connectivity index (χ2v) is 8.79. The number of anilines is 1. The van der Waals surface area contributed by atoms with Crippen LogP contribution in [0.3, 0.4) is 0 Å². The third kappa shape index (κ3) is 6.21. The van der Waals surface area contributed by atoms with Crippen LogP contribution in [0.4, 0.5) is 5.69 Å². The predicted octanol–water partition coefficient (Wildman–Crippen LogP) is 2.57. The average Bonchev–Trinajstić information content (AvgIpc) is 3.14. The Labute approximate surface area is 203 Å². The molecule has 0 aliphatic carbocycles. The third-order valence-electron chi connectivity index (χ3n) is 5.56. The van der Waals surface area contributed by atoms with Gasteiger partial charge in [-0.2, -0.15) is 0 Å². The Balaban J connectivity index is 1.80. The molecule has 10 nitrogen and oxygen atoms in total. The van der Waals surface area contributed by atoms with E-state index in [9.17, 15) is 14.4 Å². The fourth-order valence-electron chi connectivity index (χ4n) is 3.57. The number of benzene rings is 2. The number of fused-ring (bicyclic) bond motifs is 1. The van der Waals surface area contributed by atoms with Crippen LogP contribution in [0.25, 0.3) is 11.1 Å². The maximum Gasteiger partial charge on any atom is 0.419 e. The number of carbonyl (C=O) groups is 2. The van der Waals surface area contributed by atoms with E-state index >= 15 is 0 Å². The van der Waals surface area contributed by atoms with Crippen molar-refractivity contribution in [2.24, 2.45) is 5.92 Å². The second kappa shape index (κ2) is 11.1. The van der Waals surface area contributed by atoms with E-state index < -0.39 is 17.7 Å². The number of rotatable bonds is 10. The summed E-state index contributed by atoms with van der Waals surface area (Å²) in [5.41, 5.74) is 1.82. The highest BCUT2D eigenvalue weighted by atomic mass is 16.5. The van der Waals surface area contributed by atoms with Gasteiger partial charge in [0.05, 0.1) is 19.7 Å². The molecule has 2 N–H and O–H groups in total. The Morgan fingerprint density at radius 1 is 1.06 bits per heavy atom. The predicted molar refractivity (Wildman–Crippen MR) is 133 cm³/mol. The second-order valence-electron chi connectivity index (χ2n) is 8.79. The molecule has 0 bridgehead atoms. The Hall–Kier alpha value is -3.79. The van der Waals surface area contributed by atoms with Gasteiger partial charge in [0.2, 0.25) is 5.91 Å². The molecule has 0 saturated carbocycles. The van der Waals surface area contributed by atoms with Crippen LogP contribution >= 0.6 is 0 Å². The minimum Gasteiger partial charge on any atom is -0.497 e. The van der Waals surface area contributed by atoms with Gasteiger partial charge in [0.15, 0.2) is 5.58 Å². The summed E-state index contributed by atoms with van der Waals surface area (Å²) in [6.45, 7) is 4.79. The topological polar surface area (TPSA) is 115 Å². The number of hydrogen-bond donors (Lipinski definition) is 2. The number of carbonyl (C=O) groups excluding carboxylic acids is 2. The first-order valence-corrected chi connectivity index (χ1v) is 11.3. The average molecular weight is 485 g/mol. The number of ether oxygens (including phenoxy) is 2. The van der Waals surface area contributed by atoms with Crippen molar-refractivity contribution < 1.29 is 23.5 Å². The molecule has 0 aliphatic rings. The van der Waals surface area contributed by atoms with E-state index in [2.05, 4.69) is 10.6 Å². The van der Waals surface area contributed by atoms with Gasteiger partial charge in [-0.25, -0.2) is 4.79 Å². The zero-order chi connectivity index (χ0) is 25.7. The van der Waals surface area contributed by atoms with Crippen molar-refractivity contribution in [1.29, 1.82) is 0 Å². The molecule has 1 unspecified atom stereocenters. The summed E-state index contributed by atoms with van der Waals surface area (Å²) in [6.07, 6.45) is 0. The van der Waals surface area contributed by atoms with E-state index in [-0.39, 0.29) is 11.8 Å². The van der Waals surface area contributed by atoms with E-state index in [4.69, 9.17) is 13.9 Å². The quantitative estimate of drug-likeness (QED) is 0.454. The Bertz CT molecular complexity index is 1240. The summed E-state index contributed by atoms with van der Waals surface area (Å²) in [5, 5.41) is 5.65. The molecule has 1 heterocycles. The van der Waals surface area contributed by atoms with E-state index in [1.165, 1.54) is 18.8 Å². The van der Waals surface area contributed by atoms with E-state index in [0.717, 1.165) is 0 Å². The largest absolute Gasteiger partial charge is 0.497 e. The maximum atomic E-state index is 13.1. The molecule has 3 rings (SSSR count).